The number of urea groups is 1. The first-order valence-electron chi connectivity index (χ1n) is 12.7. The maximum atomic E-state index is 13.7. The summed E-state index contributed by atoms with van der Waals surface area (Å²) >= 11 is 0. The summed E-state index contributed by atoms with van der Waals surface area (Å²) in [7, 11) is 0. The van der Waals surface area contributed by atoms with E-state index in [0.29, 0.717) is 19.4 Å². The Morgan fingerprint density at radius 1 is 1.03 bits per heavy atom. The highest BCUT2D eigenvalue weighted by Gasteiger charge is 2.51. The van der Waals surface area contributed by atoms with Crippen LogP contribution < -0.4 is 5.32 Å². The normalized spacial score (nSPS) is 21.2. The van der Waals surface area contributed by atoms with Crippen LogP contribution in [0.5, 0.6) is 0 Å². The number of hydrazine groups is 1. The van der Waals surface area contributed by atoms with Gasteiger partial charge < -0.3 is 15.1 Å². The summed E-state index contributed by atoms with van der Waals surface area (Å²) in [6, 6.07) is 10.4. The third-order valence-electron chi connectivity index (χ3n) is 7.09. The van der Waals surface area contributed by atoms with E-state index < -0.39 is 18.2 Å². The molecular weight excluding hydrogens is 480 g/mol. The summed E-state index contributed by atoms with van der Waals surface area (Å²) in [4.78, 5) is 43.7. The fourth-order valence-corrected chi connectivity index (χ4v) is 5.10. The van der Waals surface area contributed by atoms with Gasteiger partial charge in [0.25, 0.3) is 0 Å². The Hall–Kier alpha value is -3.53. The number of amides is 4. The molecule has 2 saturated heterocycles. The number of nitrogens with one attached hydrogen (secondary N) is 1. The molecule has 2 aromatic rings. The van der Waals surface area contributed by atoms with Crippen LogP contribution >= 0.6 is 0 Å². The predicted octanol–water partition coefficient (Wildman–Crippen LogP) is 3.65. The van der Waals surface area contributed by atoms with Gasteiger partial charge in [0, 0.05) is 13.1 Å². The number of halogens is 2. The molecule has 2 fully saturated rings. The standard InChI is InChI=1S/C27H33F2N5O3/c1-4-6-23-26(36)32(18(3)20-9-13-22(29)14-10-20)16-24-33(23)25(35)17-31(5-2)34(24)27(37)30-15-19-7-11-21(28)12-8-19/h7-14,18,23-24H,4-6,15-17H2,1-3H3,(H,30,37)/t18?,23-,24-/m0/s1. The Balaban J connectivity index is 1.64. The summed E-state index contributed by atoms with van der Waals surface area (Å²) in [5.74, 6) is -1.10. The minimum absolute atomic E-state index is 0.0159. The van der Waals surface area contributed by atoms with Gasteiger partial charge in [-0.15, -0.1) is 0 Å². The number of fused-ring (bicyclic) bond motifs is 1. The fraction of sp³-hybridized carbons (Fsp3) is 0.444. The molecule has 10 heteroatoms. The van der Waals surface area contributed by atoms with Gasteiger partial charge in [-0.25, -0.2) is 23.6 Å². The van der Waals surface area contributed by atoms with Crippen molar-refractivity contribution < 1.29 is 23.2 Å². The third kappa shape index (κ3) is 5.44. The molecule has 4 amide bonds. The Kier molecular flexibility index (Phi) is 8.06. The third-order valence-corrected chi connectivity index (χ3v) is 7.09. The van der Waals surface area contributed by atoms with E-state index in [-0.39, 0.29) is 49.1 Å². The molecule has 2 aliphatic heterocycles. The van der Waals surface area contributed by atoms with Crippen LogP contribution in [-0.4, -0.2) is 69.5 Å². The molecule has 2 aromatic carbocycles. The molecule has 1 N–H and O–H groups in total. The number of rotatable bonds is 7. The first-order valence-corrected chi connectivity index (χ1v) is 12.7. The van der Waals surface area contributed by atoms with Crippen LogP contribution in [0, 0.1) is 11.6 Å². The van der Waals surface area contributed by atoms with Gasteiger partial charge in [0.15, 0.2) is 0 Å². The Morgan fingerprint density at radius 2 is 1.65 bits per heavy atom. The molecule has 0 radical (unpaired) electrons. The quantitative estimate of drug-likeness (QED) is 0.613. The van der Waals surface area contributed by atoms with Crippen molar-refractivity contribution in [3.63, 3.8) is 0 Å². The molecular formula is C27H33F2N5O3. The number of piperazine rings is 1. The largest absolute Gasteiger partial charge is 0.334 e. The lowest BCUT2D eigenvalue weighted by molar-refractivity contribution is -0.192. The zero-order valence-corrected chi connectivity index (χ0v) is 21.4. The maximum absolute atomic E-state index is 13.7. The molecule has 8 nitrogen and oxygen atoms in total. The highest BCUT2D eigenvalue weighted by atomic mass is 19.1. The summed E-state index contributed by atoms with van der Waals surface area (Å²) < 4.78 is 26.8. The summed E-state index contributed by atoms with van der Waals surface area (Å²) in [6.07, 6.45) is 0.441. The molecule has 0 spiro atoms. The number of hydrogen-bond acceptors (Lipinski definition) is 4. The van der Waals surface area contributed by atoms with Crippen molar-refractivity contribution in [2.24, 2.45) is 0 Å². The smallest absolute Gasteiger partial charge is 0.333 e. The molecule has 3 atom stereocenters. The first kappa shape index (κ1) is 26.5. The van der Waals surface area contributed by atoms with Crippen molar-refractivity contribution in [3.05, 3.63) is 71.3 Å². The number of carbonyl (C=O) groups excluding carboxylic acids is 3. The van der Waals surface area contributed by atoms with E-state index in [9.17, 15) is 23.2 Å². The van der Waals surface area contributed by atoms with E-state index in [1.807, 2.05) is 20.8 Å². The van der Waals surface area contributed by atoms with Crippen LogP contribution in [0.4, 0.5) is 13.6 Å². The number of hydrogen-bond donors (Lipinski definition) is 1. The van der Waals surface area contributed by atoms with E-state index in [0.717, 1.165) is 11.1 Å². The monoisotopic (exact) mass is 513 g/mol. The van der Waals surface area contributed by atoms with Crippen LogP contribution in [0.3, 0.4) is 0 Å². The lowest BCUT2D eigenvalue weighted by Crippen LogP contribution is -2.76. The summed E-state index contributed by atoms with van der Waals surface area (Å²) in [6.45, 7) is 6.37. The molecule has 37 heavy (non-hydrogen) atoms. The van der Waals surface area contributed by atoms with Crippen molar-refractivity contribution in [1.29, 1.82) is 0 Å². The van der Waals surface area contributed by atoms with Gasteiger partial charge in [-0.3, -0.25) is 9.59 Å². The summed E-state index contributed by atoms with van der Waals surface area (Å²) in [5.41, 5.74) is 1.50. The molecule has 2 heterocycles. The highest BCUT2D eigenvalue weighted by Crippen LogP contribution is 2.33. The summed E-state index contributed by atoms with van der Waals surface area (Å²) in [5, 5.41) is 6.10. The highest BCUT2D eigenvalue weighted by molar-refractivity contribution is 5.91. The van der Waals surface area contributed by atoms with Crippen molar-refractivity contribution in [1.82, 2.24) is 25.1 Å². The Bertz CT molecular complexity index is 1130. The number of benzene rings is 2. The van der Waals surface area contributed by atoms with E-state index in [4.69, 9.17) is 0 Å². The first-order chi connectivity index (χ1) is 17.7. The molecule has 0 bridgehead atoms. The number of likely N-dealkylation sites (N-methyl/N-ethyl adjacent to an activating group) is 1. The topological polar surface area (TPSA) is 76.2 Å². The van der Waals surface area contributed by atoms with Gasteiger partial charge in [0.1, 0.15) is 23.8 Å². The van der Waals surface area contributed by atoms with Crippen molar-refractivity contribution >= 4 is 17.8 Å². The molecule has 1 unspecified atom stereocenters. The van der Waals surface area contributed by atoms with Gasteiger partial charge in [0.2, 0.25) is 11.8 Å². The van der Waals surface area contributed by atoms with Crippen molar-refractivity contribution in [2.75, 3.05) is 19.6 Å². The number of nitrogens with zero attached hydrogens (tertiary/aromatic N) is 4. The van der Waals surface area contributed by atoms with E-state index >= 15 is 0 Å². The molecule has 2 aliphatic rings. The lowest BCUT2D eigenvalue weighted by Gasteiger charge is -2.56. The van der Waals surface area contributed by atoms with Gasteiger partial charge in [-0.05, 0) is 48.7 Å². The van der Waals surface area contributed by atoms with Gasteiger partial charge >= 0.3 is 6.03 Å². The van der Waals surface area contributed by atoms with Crippen LogP contribution in [0.2, 0.25) is 0 Å². The lowest BCUT2D eigenvalue weighted by atomic mass is 9.98. The molecule has 0 saturated carbocycles. The van der Waals surface area contributed by atoms with Crippen LogP contribution in [0.25, 0.3) is 0 Å². The van der Waals surface area contributed by atoms with E-state index in [2.05, 4.69) is 5.32 Å². The molecule has 0 aliphatic carbocycles. The zero-order chi connectivity index (χ0) is 26.7. The number of carbonyl (C=O) groups is 3. The van der Waals surface area contributed by atoms with E-state index in [1.54, 1.807) is 39.1 Å². The maximum Gasteiger partial charge on any atom is 0.334 e. The van der Waals surface area contributed by atoms with Gasteiger partial charge in [0.05, 0.1) is 19.1 Å². The Morgan fingerprint density at radius 3 is 2.24 bits per heavy atom. The molecule has 0 aromatic heterocycles. The predicted molar refractivity (Wildman–Crippen MR) is 134 cm³/mol. The van der Waals surface area contributed by atoms with Crippen LogP contribution in [-0.2, 0) is 16.1 Å². The van der Waals surface area contributed by atoms with Gasteiger partial charge in [-0.2, -0.15) is 0 Å². The minimum Gasteiger partial charge on any atom is -0.333 e. The fourth-order valence-electron chi connectivity index (χ4n) is 5.10. The average Bonchev–Trinajstić information content (AvgIpc) is 2.89. The molecule has 198 valence electrons. The van der Waals surface area contributed by atoms with E-state index in [1.165, 1.54) is 29.3 Å². The second-order valence-corrected chi connectivity index (χ2v) is 9.41. The average molecular weight is 514 g/mol. The van der Waals surface area contributed by atoms with Crippen molar-refractivity contribution in [2.45, 2.75) is 58.4 Å². The second kappa shape index (κ2) is 11.2. The second-order valence-electron chi connectivity index (χ2n) is 9.41. The zero-order valence-electron chi connectivity index (χ0n) is 21.4. The minimum atomic E-state index is -0.703. The Labute approximate surface area is 215 Å². The SMILES string of the molecule is CCC[C@H]1C(=O)N(C(C)c2ccc(F)cc2)C[C@H]2N1C(=O)CN(CC)N2C(=O)NCc1ccc(F)cc1. The van der Waals surface area contributed by atoms with Crippen LogP contribution in [0.1, 0.15) is 50.8 Å². The van der Waals surface area contributed by atoms with Crippen LogP contribution in [0.15, 0.2) is 48.5 Å². The van der Waals surface area contributed by atoms with Gasteiger partial charge in [-0.1, -0.05) is 44.5 Å². The molecule has 4 rings (SSSR count). The van der Waals surface area contributed by atoms with Crippen molar-refractivity contribution in [3.8, 4) is 0 Å².